The van der Waals surface area contributed by atoms with Gasteiger partial charge in [0.1, 0.15) is 17.6 Å². The molecule has 2 unspecified atom stereocenters. The summed E-state index contributed by atoms with van der Waals surface area (Å²) < 4.78 is 11.6. The number of ether oxygens (including phenoxy) is 1. The molecule has 0 amide bonds. The first-order valence-corrected chi connectivity index (χ1v) is 19.5. The van der Waals surface area contributed by atoms with Gasteiger partial charge in [0.25, 0.3) is 0 Å². The van der Waals surface area contributed by atoms with Crippen molar-refractivity contribution in [2.24, 2.45) is 68.0 Å². The summed E-state index contributed by atoms with van der Waals surface area (Å²) >= 11 is 0. The Morgan fingerprint density at radius 3 is 2.34 bits per heavy atom. The summed E-state index contributed by atoms with van der Waals surface area (Å²) in [6, 6.07) is 3.77. The first kappa shape index (κ1) is 37.3. The Morgan fingerprint density at radius 1 is 0.980 bits per heavy atom. The van der Waals surface area contributed by atoms with E-state index in [1.54, 1.807) is 20.1 Å². The number of carbonyl (C=O) groups is 4. The van der Waals surface area contributed by atoms with Crippen LogP contribution in [0.5, 0.6) is 0 Å². The fraction of sp³-hybridized carbons (Fsp3) is 0.810. The molecule has 8 heteroatoms. The molecule has 50 heavy (non-hydrogen) atoms. The number of nitrogens with one attached hydrogen (secondary N) is 1. The molecule has 5 aliphatic carbocycles. The minimum absolute atomic E-state index is 0.00751. The summed E-state index contributed by atoms with van der Waals surface area (Å²) in [6.07, 6.45) is 9.41. The van der Waals surface area contributed by atoms with Gasteiger partial charge in [0.15, 0.2) is 5.78 Å². The average Bonchev–Trinajstić information content (AvgIpc) is 3.64. The van der Waals surface area contributed by atoms with Crippen LogP contribution in [0.15, 0.2) is 22.8 Å². The van der Waals surface area contributed by atoms with E-state index in [0.717, 1.165) is 57.1 Å². The number of rotatable bonds is 10. The highest BCUT2D eigenvalue weighted by Crippen LogP contribution is 2.77. The van der Waals surface area contributed by atoms with Crippen molar-refractivity contribution < 1.29 is 33.4 Å². The number of carbonyl (C=O) groups excluding carboxylic acids is 3. The summed E-state index contributed by atoms with van der Waals surface area (Å²) in [5.74, 6) is 1.23. The zero-order valence-corrected chi connectivity index (χ0v) is 32.2. The first-order valence-electron chi connectivity index (χ1n) is 19.5. The van der Waals surface area contributed by atoms with E-state index in [0.29, 0.717) is 30.7 Å². The predicted molar refractivity (Wildman–Crippen MR) is 191 cm³/mol. The third-order valence-electron chi connectivity index (χ3n) is 16.2. The number of fused-ring (bicyclic) bond motifs is 7. The zero-order valence-electron chi connectivity index (χ0n) is 32.2. The highest BCUT2D eigenvalue weighted by molar-refractivity contribution is 5.97. The molecule has 5 saturated carbocycles. The van der Waals surface area contributed by atoms with Gasteiger partial charge in [-0.05, 0) is 123 Å². The van der Waals surface area contributed by atoms with Gasteiger partial charge in [0, 0.05) is 23.2 Å². The Morgan fingerprint density at radius 2 is 1.70 bits per heavy atom. The monoisotopic (exact) mass is 693 g/mol. The average molecular weight is 694 g/mol. The number of ketones is 2. The quantitative estimate of drug-likeness (QED) is 0.235. The van der Waals surface area contributed by atoms with Gasteiger partial charge in [0.05, 0.1) is 31.2 Å². The van der Waals surface area contributed by atoms with Crippen LogP contribution in [-0.2, 0) is 30.5 Å². The number of hydrogen-bond donors (Lipinski definition) is 2. The van der Waals surface area contributed by atoms with Gasteiger partial charge in [-0.1, -0.05) is 48.5 Å². The van der Waals surface area contributed by atoms with Gasteiger partial charge in [-0.25, -0.2) is 0 Å². The second-order valence-corrected chi connectivity index (χ2v) is 19.6. The zero-order chi connectivity index (χ0) is 36.7. The standard InChI is InChI=1S/C42H63NO7/c1-25(2)34-28(44)21-42(31(45)24-43-23-26-11-10-20-49-26)19-18-40(8)27(35(34)42)12-13-30-39(7)16-15-32(50-33(46)22-37(3,4)36(47)48)38(5,6)29(39)14-17-41(30,40)9/h10-11,20,25,27,29-30,32,34-35,43H,12-19,21-24H2,1-9H3,(H,47,48)/t27-,29+,30-,32+,34?,35?,39+,40-,41-,42+/m1/s1. The lowest BCUT2D eigenvalue weighted by molar-refractivity contribution is -0.250. The Bertz CT molecular complexity index is 1490. The maximum Gasteiger partial charge on any atom is 0.309 e. The Labute approximate surface area is 299 Å². The molecule has 1 heterocycles. The van der Waals surface area contributed by atoms with Gasteiger partial charge < -0.3 is 19.6 Å². The summed E-state index contributed by atoms with van der Waals surface area (Å²) in [4.78, 5) is 53.2. The van der Waals surface area contributed by atoms with Crippen LogP contribution in [0.1, 0.15) is 132 Å². The van der Waals surface area contributed by atoms with E-state index >= 15 is 0 Å². The van der Waals surface area contributed by atoms with Gasteiger partial charge in [-0.3, -0.25) is 19.2 Å². The minimum atomic E-state index is -1.16. The molecule has 0 aromatic carbocycles. The van der Waals surface area contributed by atoms with E-state index in [-0.39, 0.29) is 70.0 Å². The molecule has 5 fully saturated rings. The molecule has 0 aliphatic heterocycles. The van der Waals surface area contributed by atoms with Crippen molar-refractivity contribution in [3.8, 4) is 0 Å². The molecule has 6 rings (SSSR count). The Kier molecular flexibility index (Phi) is 9.38. The van der Waals surface area contributed by atoms with Crippen molar-refractivity contribution in [2.75, 3.05) is 6.54 Å². The smallest absolute Gasteiger partial charge is 0.309 e. The highest BCUT2D eigenvalue weighted by Gasteiger charge is 2.73. The Balaban J connectivity index is 1.25. The number of carboxylic acids is 1. The van der Waals surface area contributed by atoms with E-state index < -0.39 is 22.8 Å². The van der Waals surface area contributed by atoms with Crippen LogP contribution in [-0.4, -0.2) is 41.3 Å². The largest absolute Gasteiger partial charge is 0.481 e. The summed E-state index contributed by atoms with van der Waals surface area (Å²) in [5.41, 5.74) is -1.87. The molecular formula is C42H63NO7. The van der Waals surface area contributed by atoms with Crippen LogP contribution in [0.3, 0.4) is 0 Å². The molecular weight excluding hydrogens is 630 g/mol. The topological polar surface area (TPSA) is 123 Å². The molecule has 10 atom stereocenters. The van der Waals surface area contributed by atoms with E-state index in [4.69, 9.17) is 9.15 Å². The fourth-order valence-corrected chi connectivity index (χ4v) is 13.4. The molecule has 278 valence electrons. The van der Waals surface area contributed by atoms with Crippen molar-refractivity contribution in [2.45, 2.75) is 139 Å². The molecule has 0 saturated heterocycles. The number of furan rings is 1. The highest BCUT2D eigenvalue weighted by atomic mass is 16.5. The second kappa shape index (κ2) is 12.6. The molecule has 0 bridgehead atoms. The van der Waals surface area contributed by atoms with Crippen molar-refractivity contribution in [1.29, 1.82) is 0 Å². The van der Waals surface area contributed by atoms with Crippen molar-refractivity contribution in [3.63, 3.8) is 0 Å². The van der Waals surface area contributed by atoms with Crippen molar-refractivity contribution in [3.05, 3.63) is 24.2 Å². The summed E-state index contributed by atoms with van der Waals surface area (Å²) in [5, 5.41) is 12.9. The number of Topliss-reactive ketones (excluding diaryl/α,β-unsaturated/α-hetero) is 2. The van der Waals surface area contributed by atoms with Crippen molar-refractivity contribution >= 4 is 23.5 Å². The molecule has 1 aromatic heterocycles. The van der Waals surface area contributed by atoms with Gasteiger partial charge in [-0.15, -0.1) is 0 Å². The SMILES string of the molecule is CC(C)C1C(=O)C[C@]2(C(=O)CNCc3ccco3)CC[C@]3(C)[C@H](CC[C@@H]4[C@@]5(C)CC[C@H](OC(=O)CC(C)(C)C(=O)O)C(C)(C)[C@@H]5CC[C@]43C)C12. The van der Waals surface area contributed by atoms with Gasteiger partial charge in [0.2, 0.25) is 0 Å². The van der Waals surface area contributed by atoms with E-state index in [1.165, 1.54) is 0 Å². The number of aliphatic carboxylic acids is 1. The maximum atomic E-state index is 14.4. The van der Waals surface area contributed by atoms with Crippen molar-refractivity contribution in [1.82, 2.24) is 5.32 Å². The minimum Gasteiger partial charge on any atom is -0.481 e. The lowest BCUT2D eigenvalue weighted by atomic mass is 9.32. The van der Waals surface area contributed by atoms with E-state index in [9.17, 15) is 24.3 Å². The molecule has 5 aliphatic rings. The number of hydrogen-bond acceptors (Lipinski definition) is 7. The normalized spacial score (nSPS) is 40.7. The second-order valence-electron chi connectivity index (χ2n) is 19.6. The number of carboxylic acid groups (broad SMARTS) is 1. The van der Waals surface area contributed by atoms with Crippen LogP contribution in [0.2, 0.25) is 0 Å². The Hall–Kier alpha value is -2.48. The molecule has 1 aromatic rings. The van der Waals surface area contributed by atoms with Crippen LogP contribution in [0.25, 0.3) is 0 Å². The molecule has 2 N–H and O–H groups in total. The predicted octanol–water partition coefficient (Wildman–Crippen LogP) is 8.27. The lowest BCUT2D eigenvalue weighted by Crippen LogP contribution is -2.67. The third kappa shape index (κ3) is 5.55. The maximum absolute atomic E-state index is 14.4. The van der Waals surface area contributed by atoms with E-state index in [2.05, 4.69) is 53.8 Å². The third-order valence-corrected chi connectivity index (χ3v) is 16.2. The first-order chi connectivity index (χ1) is 23.2. The van der Waals surface area contributed by atoms with Crippen LogP contribution in [0, 0.1) is 68.0 Å². The summed E-state index contributed by atoms with van der Waals surface area (Å²) in [6.45, 7) is 20.4. The molecule has 0 spiro atoms. The van der Waals surface area contributed by atoms with Crippen LogP contribution >= 0.6 is 0 Å². The van der Waals surface area contributed by atoms with Gasteiger partial charge in [-0.2, -0.15) is 0 Å². The van der Waals surface area contributed by atoms with Crippen LogP contribution < -0.4 is 5.32 Å². The molecule has 0 radical (unpaired) electrons. The summed E-state index contributed by atoms with van der Waals surface area (Å²) in [7, 11) is 0. The van der Waals surface area contributed by atoms with Gasteiger partial charge >= 0.3 is 11.9 Å². The van der Waals surface area contributed by atoms with E-state index in [1.807, 2.05) is 12.1 Å². The lowest BCUT2D eigenvalue weighted by Gasteiger charge is -2.72. The number of esters is 1. The fourth-order valence-electron chi connectivity index (χ4n) is 13.4. The molecule has 8 nitrogen and oxygen atoms in total. The van der Waals surface area contributed by atoms with Crippen LogP contribution in [0.4, 0.5) is 0 Å².